The molecule has 0 aromatic carbocycles. The van der Waals surface area contributed by atoms with Crippen LogP contribution in [0, 0.1) is 17.8 Å². The number of rotatable bonds is 1. The fourth-order valence-corrected chi connectivity index (χ4v) is 7.07. The van der Waals surface area contributed by atoms with E-state index in [1.807, 2.05) is 6.08 Å². The van der Waals surface area contributed by atoms with Crippen molar-refractivity contribution in [3.63, 3.8) is 0 Å². The quantitative estimate of drug-likeness (QED) is 0.364. The van der Waals surface area contributed by atoms with Crippen molar-refractivity contribution in [2.75, 3.05) is 6.61 Å². The average Bonchev–Trinajstić information content (AvgIpc) is 3.23. The topological polar surface area (TPSA) is 91.3 Å². The highest BCUT2D eigenvalue weighted by molar-refractivity contribution is 6.03. The minimum atomic E-state index is -1.78. The average molecular weight is 541 g/mol. The molecule has 9 atom stereocenters. The van der Waals surface area contributed by atoms with Crippen LogP contribution in [0.5, 0.6) is 0 Å². The number of hydrogen-bond donors (Lipinski definition) is 1. The molecule has 0 saturated carbocycles. The number of fused-ring (bicyclic) bond motifs is 2. The molecule has 4 aliphatic heterocycles. The van der Waals surface area contributed by atoms with E-state index in [4.69, 9.17) is 18.9 Å². The van der Waals surface area contributed by atoms with Gasteiger partial charge in [0.2, 0.25) is 0 Å². The smallest absolute Gasteiger partial charge is 0.316 e. The summed E-state index contributed by atoms with van der Waals surface area (Å²) in [7, 11) is 0. The predicted molar refractivity (Wildman–Crippen MR) is 147 cm³/mol. The van der Waals surface area contributed by atoms with E-state index in [0.717, 1.165) is 25.7 Å². The third-order valence-corrected chi connectivity index (χ3v) is 9.31. The SMILES string of the molecule is CC[C@H]1O[C@]2(CC[C@@H]1C)C[C@@H]1C[C@@H](C/C=C(/C)C[C@@H](C)/C=C\C=C3\CO[C@@H]4C(=O)C(C)=C[C@@H](C(=O)O1)[C@]34O)O2. The molecule has 2 bridgehead atoms. The zero-order valence-corrected chi connectivity index (χ0v) is 24.0. The lowest BCUT2D eigenvalue weighted by Crippen LogP contribution is -2.57. The van der Waals surface area contributed by atoms with Gasteiger partial charge in [0.1, 0.15) is 17.6 Å². The van der Waals surface area contributed by atoms with Crippen LogP contribution in [0.1, 0.15) is 79.6 Å². The van der Waals surface area contributed by atoms with E-state index in [1.54, 1.807) is 19.1 Å². The third-order valence-electron chi connectivity index (χ3n) is 9.31. The number of aliphatic hydroxyl groups is 1. The van der Waals surface area contributed by atoms with Crippen molar-refractivity contribution in [1.29, 1.82) is 0 Å². The first-order valence-corrected chi connectivity index (χ1v) is 14.7. The van der Waals surface area contributed by atoms with Gasteiger partial charge in [0, 0.05) is 19.3 Å². The molecule has 7 nitrogen and oxygen atoms in total. The highest BCUT2D eigenvalue weighted by Crippen LogP contribution is 2.46. The number of ketones is 1. The molecule has 1 spiro atoms. The Morgan fingerprint density at radius 2 is 1.92 bits per heavy atom. The van der Waals surface area contributed by atoms with Gasteiger partial charge in [0.25, 0.3) is 0 Å². The lowest BCUT2D eigenvalue weighted by molar-refractivity contribution is -0.335. The van der Waals surface area contributed by atoms with Gasteiger partial charge in [-0.1, -0.05) is 56.7 Å². The van der Waals surface area contributed by atoms with Crippen molar-refractivity contribution in [3.8, 4) is 0 Å². The molecular weight excluding hydrogens is 496 g/mol. The summed E-state index contributed by atoms with van der Waals surface area (Å²) >= 11 is 0. The molecule has 5 aliphatic rings. The van der Waals surface area contributed by atoms with E-state index < -0.39 is 35.5 Å². The van der Waals surface area contributed by atoms with Gasteiger partial charge in [-0.2, -0.15) is 0 Å². The molecular formula is C32H44O7. The van der Waals surface area contributed by atoms with Gasteiger partial charge in [0.05, 0.1) is 18.8 Å². The summed E-state index contributed by atoms with van der Waals surface area (Å²) in [4.78, 5) is 26.8. The van der Waals surface area contributed by atoms with Gasteiger partial charge >= 0.3 is 5.97 Å². The van der Waals surface area contributed by atoms with Gasteiger partial charge in [-0.05, 0) is 62.5 Å². The van der Waals surface area contributed by atoms with E-state index in [9.17, 15) is 14.7 Å². The second-order valence-electron chi connectivity index (χ2n) is 12.5. The molecule has 5 rings (SSSR count). The monoisotopic (exact) mass is 540 g/mol. The molecule has 7 heteroatoms. The van der Waals surface area contributed by atoms with Crippen molar-refractivity contribution in [2.45, 2.75) is 115 Å². The Hall–Kier alpha value is -2.06. The van der Waals surface area contributed by atoms with Gasteiger partial charge < -0.3 is 24.1 Å². The second-order valence-corrected chi connectivity index (χ2v) is 12.5. The van der Waals surface area contributed by atoms with Crippen LogP contribution in [0.2, 0.25) is 0 Å². The zero-order chi connectivity index (χ0) is 27.9. The maximum Gasteiger partial charge on any atom is 0.316 e. The Balaban J connectivity index is 1.51. The molecule has 0 unspecified atom stereocenters. The van der Waals surface area contributed by atoms with E-state index in [0.29, 0.717) is 36.3 Å². The summed E-state index contributed by atoms with van der Waals surface area (Å²) in [6, 6.07) is 0. The van der Waals surface area contributed by atoms with Crippen molar-refractivity contribution in [3.05, 3.63) is 47.1 Å². The predicted octanol–water partition coefficient (Wildman–Crippen LogP) is 5.13. The first-order valence-electron chi connectivity index (χ1n) is 14.7. The van der Waals surface area contributed by atoms with Crippen LogP contribution < -0.4 is 0 Å². The minimum Gasteiger partial charge on any atom is -0.462 e. The van der Waals surface area contributed by atoms with E-state index in [2.05, 4.69) is 39.8 Å². The number of allylic oxidation sites excluding steroid dienone is 4. The molecule has 39 heavy (non-hydrogen) atoms. The summed E-state index contributed by atoms with van der Waals surface area (Å²) in [5.74, 6) is -1.95. The van der Waals surface area contributed by atoms with Gasteiger partial charge in [-0.25, -0.2) is 0 Å². The number of Topliss-reactive ketones (excluding diaryl/α,β-unsaturated/α-hetero) is 1. The highest BCUT2D eigenvalue weighted by Gasteiger charge is 2.60. The first-order chi connectivity index (χ1) is 18.5. The molecule has 3 saturated heterocycles. The van der Waals surface area contributed by atoms with Crippen LogP contribution >= 0.6 is 0 Å². The van der Waals surface area contributed by atoms with Crippen LogP contribution in [0.3, 0.4) is 0 Å². The largest absolute Gasteiger partial charge is 0.462 e. The van der Waals surface area contributed by atoms with Gasteiger partial charge in [-0.15, -0.1) is 0 Å². The second kappa shape index (κ2) is 11.1. The standard InChI is InChI=1S/C32H44O7/c1-6-27-21(4)12-13-31(39-27)17-25-16-24(38-31)11-10-20(3)14-19(2)8-7-9-23-18-36-29-28(33)22(5)15-26(30(34)37-25)32(23,29)35/h7-10,15,19,21,24-27,29,35H,6,11-14,16-18H2,1-5H3/b8-7-,20-10-,23-9-/t19-,21-,24+,25-,26-,27+,29+,31+,32+/m0/s1. The van der Waals surface area contributed by atoms with Gasteiger partial charge in [0.15, 0.2) is 17.7 Å². The molecule has 214 valence electrons. The number of ether oxygens (including phenoxy) is 4. The van der Waals surface area contributed by atoms with Crippen molar-refractivity contribution < 1.29 is 33.6 Å². The fourth-order valence-electron chi connectivity index (χ4n) is 7.07. The van der Waals surface area contributed by atoms with Crippen molar-refractivity contribution >= 4 is 11.8 Å². The van der Waals surface area contributed by atoms with Crippen LogP contribution in [0.15, 0.2) is 47.1 Å². The normalized spacial score (nSPS) is 46.8. The van der Waals surface area contributed by atoms with E-state index in [1.165, 1.54) is 5.57 Å². The molecule has 1 aliphatic carbocycles. The van der Waals surface area contributed by atoms with Gasteiger partial charge in [-0.3, -0.25) is 9.59 Å². The summed E-state index contributed by atoms with van der Waals surface area (Å²) < 4.78 is 25.3. The van der Waals surface area contributed by atoms with Crippen LogP contribution in [-0.4, -0.2) is 59.3 Å². The number of carbonyl (C=O) groups is 2. The Labute approximate surface area is 232 Å². The van der Waals surface area contributed by atoms with E-state index >= 15 is 0 Å². The lowest BCUT2D eigenvalue weighted by atomic mass is 9.71. The maximum absolute atomic E-state index is 13.8. The van der Waals surface area contributed by atoms with E-state index in [-0.39, 0.29) is 30.5 Å². The van der Waals surface area contributed by atoms with Crippen molar-refractivity contribution in [2.24, 2.45) is 17.8 Å². The summed E-state index contributed by atoms with van der Waals surface area (Å²) in [5, 5.41) is 12.0. The number of hydrogen-bond acceptors (Lipinski definition) is 7. The Bertz CT molecular complexity index is 1100. The molecule has 0 radical (unpaired) electrons. The van der Waals surface area contributed by atoms with Crippen LogP contribution in [-0.2, 0) is 28.5 Å². The molecule has 3 fully saturated rings. The number of esters is 1. The lowest BCUT2D eigenvalue weighted by Gasteiger charge is -2.49. The van der Waals surface area contributed by atoms with Crippen LogP contribution in [0.25, 0.3) is 0 Å². The Kier molecular flexibility index (Phi) is 8.08. The minimum absolute atomic E-state index is 0.0857. The highest BCUT2D eigenvalue weighted by atomic mass is 16.7. The summed E-state index contributed by atoms with van der Waals surface area (Å²) in [6.07, 6.45) is 13.2. The van der Waals surface area contributed by atoms with Crippen molar-refractivity contribution in [1.82, 2.24) is 0 Å². The third kappa shape index (κ3) is 5.48. The van der Waals surface area contributed by atoms with Crippen LogP contribution in [0.4, 0.5) is 0 Å². The fraction of sp³-hybridized carbons (Fsp3) is 0.688. The Morgan fingerprint density at radius 1 is 1.13 bits per heavy atom. The summed E-state index contributed by atoms with van der Waals surface area (Å²) in [5.41, 5.74) is 0.421. The molecule has 1 N–H and O–H groups in total. The first kappa shape index (κ1) is 28.5. The maximum atomic E-state index is 13.8. The molecule has 0 aromatic heterocycles. The number of carbonyl (C=O) groups excluding carboxylic acids is 2. The summed E-state index contributed by atoms with van der Waals surface area (Å²) in [6.45, 7) is 10.4. The molecule has 4 heterocycles. The molecule has 0 amide bonds. The Morgan fingerprint density at radius 3 is 2.69 bits per heavy atom. The zero-order valence-electron chi connectivity index (χ0n) is 24.0. The molecule has 0 aromatic rings.